The van der Waals surface area contributed by atoms with Crippen LogP contribution in [0.2, 0.25) is 0 Å². The second-order valence-electron chi connectivity index (χ2n) is 6.10. The zero-order chi connectivity index (χ0) is 18.6. The monoisotopic (exact) mass is 358 g/mol. The van der Waals surface area contributed by atoms with E-state index in [1.165, 1.54) is 0 Å². The van der Waals surface area contributed by atoms with Gasteiger partial charge in [-0.1, -0.05) is 30.3 Å². The number of nitrogens with zero attached hydrogens (tertiary/aromatic N) is 3. The summed E-state index contributed by atoms with van der Waals surface area (Å²) in [7, 11) is 1.61. The molecule has 2 aromatic carbocycles. The summed E-state index contributed by atoms with van der Waals surface area (Å²) in [5.41, 5.74) is 2.66. The van der Waals surface area contributed by atoms with E-state index >= 15 is 0 Å². The van der Waals surface area contributed by atoms with E-state index in [2.05, 4.69) is 15.4 Å². The molecule has 1 amide bonds. The predicted octanol–water partition coefficient (Wildman–Crippen LogP) is 3.61. The van der Waals surface area contributed by atoms with Gasteiger partial charge >= 0.3 is 0 Å². The lowest BCUT2D eigenvalue weighted by Crippen LogP contribution is -2.15. The zero-order valence-electron chi connectivity index (χ0n) is 14.8. The highest BCUT2D eigenvalue weighted by Gasteiger charge is 2.08. The summed E-state index contributed by atoms with van der Waals surface area (Å²) in [6.07, 6.45) is 3.87. The Bertz CT molecular complexity index is 1050. The lowest BCUT2D eigenvalue weighted by molar-refractivity contribution is -0.115. The summed E-state index contributed by atoms with van der Waals surface area (Å²) < 4.78 is 6.91. The summed E-state index contributed by atoms with van der Waals surface area (Å²) in [5.74, 6) is 1.13. The predicted molar refractivity (Wildman–Crippen MR) is 104 cm³/mol. The van der Waals surface area contributed by atoms with Crippen molar-refractivity contribution in [2.45, 2.75) is 6.42 Å². The van der Waals surface area contributed by atoms with E-state index in [4.69, 9.17) is 4.74 Å². The molecular formula is C21H18N4O2. The Morgan fingerprint density at radius 3 is 2.70 bits per heavy atom. The lowest BCUT2D eigenvalue weighted by Gasteiger charge is -2.07. The van der Waals surface area contributed by atoms with Crippen molar-refractivity contribution >= 4 is 22.6 Å². The van der Waals surface area contributed by atoms with Gasteiger partial charge in [0.1, 0.15) is 11.6 Å². The number of nitrogens with one attached hydrogen (secondary N) is 1. The summed E-state index contributed by atoms with van der Waals surface area (Å²) in [4.78, 5) is 16.6. The quantitative estimate of drug-likeness (QED) is 0.592. The molecule has 2 heterocycles. The SMILES string of the molecule is COc1ccc(CC(=O)Nc2cc(-n3cc4ccccc4n3)ccn2)cc1. The van der Waals surface area contributed by atoms with Crippen LogP contribution in [0.15, 0.2) is 73.1 Å². The highest BCUT2D eigenvalue weighted by molar-refractivity contribution is 5.91. The Labute approximate surface area is 156 Å². The number of amides is 1. The fourth-order valence-corrected chi connectivity index (χ4v) is 2.84. The lowest BCUT2D eigenvalue weighted by atomic mass is 10.1. The van der Waals surface area contributed by atoms with Crippen molar-refractivity contribution < 1.29 is 9.53 Å². The largest absolute Gasteiger partial charge is 0.497 e. The van der Waals surface area contributed by atoms with Crippen molar-refractivity contribution in [1.82, 2.24) is 14.8 Å². The molecule has 0 unspecified atom stereocenters. The number of hydrogen-bond acceptors (Lipinski definition) is 4. The first-order chi connectivity index (χ1) is 13.2. The third kappa shape index (κ3) is 3.79. The van der Waals surface area contributed by atoms with Crippen LogP contribution in [-0.2, 0) is 11.2 Å². The van der Waals surface area contributed by atoms with Gasteiger partial charge in [0.25, 0.3) is 0 Å². The Morgan fingerprint density at radius 2 is 1.93 bits per heavy atom. The van der Waals surface area contributed by atoms with Crippen LogP contribution in [0.5, 0.6) is 5.75 Å². The van der Waals surface area contributed by atoms with Crippen LogP contribution >= 0.6 is 0 Å². The van der Waals surface area contributed by atoms with Crippen molar-refractivity contribution in [3.63, 3.8) is 0 Å². The van der Waals surface area contributed by atoms with Crippen molar-refractivity contribution in [1.29, 1.82) is 0 Å². The highest BCUT2D eigenvalue weighted by Crippen LogP contribution is 2.17. The van der Waals surface area contributed by atoms with E-state index in [1.54, 1.807) is 24.1 Å². The van der Waals surface area contributed by atoms with Gasteiger partial charge < -0.3 is 10.1 Å². The van der Waals surface area contributed by atoms with Crippen LogP contribution in [-0.4, -0.2) is 27.8 Å². The number of rotatable bonds is 5. The molecule has 0 aliphatic carbocycles. The number of fused-ring (bicyclic) bond motifs is 1. The van der Waals surface area contributed by atoms with Crippen LogP contribution in [0, 0.1) is 0 Å². The van der Waals surface area contributed by atoms with Gasteiger partial charge in [-0.05, 0) is 29.8 Å². The van der Waals surface area contributed by atoms with Gasteiger partial charge in [0.15, 0.2) is 0 Å². The number of ether oxygens (including phenoxy) is 1. The molecule has 134 valence electrons. The summed E-state index contributed by atoms with van der Waals surface area (Å²) in [6, 6.07) is 19.0. The van der Waals surface area contributed by atoms with Gasteiger partial charge in [0.2, 0.25) is 5.91 Å². The molecule has 2 aromatic heterocycles. The Morgan fingerprint density at radius 1 is 1.11 bits per heavy atom. The van der Waals surface area contributed by atoms with Gasteiger partial charge in [-0.2, -0.15) is 5.10 Å². The first kappa shape index (κ1) is 16.8. The number of carbonyl (C=O) groups is 1. The summed E-state index contributed by atoms with van der Waals surface area (Å²) in [5, 5.41) is 8.45. The minimum absolute atomic E-state index is 0.129. The number of methoxy groups -OCH3 is 1. The number of benzene rings is 2. The standard InChI is InChI=1S/C21H18N4O2/c1-27-18-8-6-15(7-9-18)12-21(26)23-20-13-17(10-11-22-20)25-14-16-4-2-3-5-19(16)24-25/h2-11,13-14H,12H2,1H3,(H,22,23,26). The third-order valence-corrected chi connectivity index (χ3v) is 4.21. The fraction of sp³-hybridized carbons (Fsp3) is 0.0952. The molecule has 0 aliphatic rings. The third-order valence-electron chi connectivity index (χ3n) is 4.21. The molecule has 0 saturated carbocycles. The van der Waals surface area contributed by atoms with Crippen molar-refractivity contribution in [3.05, 3.63) is 78.6 Å². The molecule has 4 aromatic rings. The van der Waals surface area contributed by atoms with Crippen molar-refractivity contribution in [2.24, 2.45) is 0 Å². The fourth-order valence-electron chi connectivity index (χ4n) is 2.84. The smallest absolute Gasteiger partial charge is 0.229 e. The van der Waals surface area contributed by atoms with Gasteiger partial charge in [-0.15, -0.1) is 0 Å². The maximum Gasteiger partial charge on any atom is 0.229 e. The Balaban J connectivity index is 1.49. The first-order valence-electron chi connectivity index (χ1n) is 8.55. The van der Waals surface area contributed by atoms with Crippen LogP contribution in [0.25, 0.3) is 16.6 Å². The van der Waals surface area contributed by atoms with Crippen LogP contribution < -0.4 is 10.1 Å². The van der Waals surface area contributed by atoms with Crippen LogP contribution in [0.1, 0.15) is 5.56 Å². The van der Waals surface area contributed by atoms with E-state index in [0.29, 0.717) is 5.82 Å². The number of anilines is 1. The van der Waals surface area contributed by atoms with Gasteiger partial charge in [0.05, 0.1) is 24.7 Å². The van der Waals surface area contributed by atoms with Crippen LogP contribution in [0.3, 0.4) is 0 Å². The molecule has 0 saturated heterocycles. The van der Waals surface area contributed by atoms with Gasteiger partial charge in [-0.25, -0.2) is 9.67 Å². The Kier molecular flexibility index (Phi) is 4.53. The Hall–Kier alpha value is -3.67. The minimum Gasteiger partial charge on any atom is -0.497 e. The number of aromatic nitrogens is 3. The molecule has 0 radical (unpaired) electrons. The molecule has 0 fully saturated rings. The maximum absolute atomic E-state index is 12.3. The normalized spacial score (nSPS) is 10.7. The molecule has 0 bridgehead atoms. The summed E-state index contributed by atoms with van der Waals surface area (Å²) >= 11 is 0. The number of hydrogen-bond donors (Lipinski definition) is 1. The minimum atomic E-state index is -0.129. The first-order valence-corrected chi connectivity index (χ1v) is 8.55. The molecular weight excluding hydrogens is 340 g/mol. The number of pyridine rings is 1. The average Bonchev–Trinajstić information content (AvgIpc) is 3.13. The van der Waals surface area contributed by atoms with Gasteiger partial charge in [0, 0.05) is 23.8 Å². The van der Waals surface area contributed by atoms with Crippen molar-refractivity contribution in [3.8, 4) is 11.4 Å². The maximum atomic E-state index is 12.3. The number of carbonyl (C=O) groups excluding carboxylic acids is 1. The molecule has 0 aliphatic heterocycles. The molecule has 6 nitrogen and oxygen atoms in total. The molecule has 1 N–H and O–H groups in total. The van der Waals surface area contributed by atoms with Crippen molar-refractivity contribution in [2.75, 3.05) is 12.4 Å². The van der Waals surface area contributed by atoms with Crippen LogP contribution in [0.4, 0.5) is 5.82 Å². The molecule has 6 heteroatoms. The van der Waals surface area contributed by atoms with Gasteiger partial charge in [-0.3, -0.25) is 4.79 Å². The second-order valence-corrected chi connectivity index (χ2v) is 6.10. The molecule has 4 rings (SSSR count). The molecule has 0 atom stereocenters. The van der Waals surface area contributed by atoms with E-state index in [-0.39, 0.29) is 12.3 Å². The van der Waals surface area contributed by atoms with E-state index in [1.807, 2.05) is 60.8 Å². The van der Waals surface area contributed by atoms with E-state index < -0.39 is 0 Å². The van der Waals surface area contributed by atoms with E-state index in [9.17, 15) is 4.79 Å². The summed E-state index contributed by atoms with van der Waals surface area (Å²) in [6.45, 7) is 0. The topological polar surface area (TPSA) is 69.0 Å². The second kappa shape index (κ2) is 7.29. The van der Waals surface area contributed by atoms with E-state index in [0.717, 1.165) is 27.9 Å². The molecule has 0 spiro atoms. The zero-order valence-corrected chi connectivity index (χ0v) is 14.8. The average molecular weight is 358 g/mol. The highest BCUT2D eigenvalue weighted by atomic mass is 16.5. The molecule has 27 heavy (non-hydrogen) atoms.